The van der Waals surface area contributed by atoms with Gasteiger partial charge in [-0.2, -0.15) is 33.7 Å². The zero-order chi connectivity index (χ0) is 47.1. The van der Waals surface area contributed by atoms with Gasteiger partial charge in [-0.25, -0.2) is 0 Å². The molecule has 0 atom stereocenters. The van der Waals surface area contributed by atoms with Gasteiger partial charge in [-0.05, 0) is 132 Å². The van der Waals surface area contributed by atoms with Gasteiger partial charge < -0.3 is 15.0 Å². The van der Waals surface area contributed by atoms with E-state index < -0.39 is 15.5 Å². The average molecular weight is 954 g/mol. The number of benzene rings is 3. The van der Waals surface area contributed by atoms with Crippen LogP contribution in [0.1, 0.15) is 82.1 Å². The highest BCUT2D eigenvalue weighted by Gasteiger charge is 2.40. The number of thiol groups is 3. The smallest absolute Gasteiger partial charge is 0.294 e. The molecule has 3 aliphatic rings. The lowest BCUT2D eigenvalue weighted by Crippen LogP contribution is -2.38. The number of ether oxygens (including phenoxy) is 1. The highest BCUT2D eigenvalue weighted by Crippen LogP contribution is 2.48. The number of imide groups is 1. The summed E-state index contributed by atoms with van der Waals surface area (Å²) in [7, 11) is -4.41. The topological polar surface area (TPSA) is 133 Å². The van der Waals surface area contributed by atoms with Crippen LogP contribution < -0.4 is 15.0 Å². The Morgan fingerprint density at radius 2 is 1.66 bits per heavy atom. The number of allylic oxidation sites excluding steroid dienone is 9. The number of hydrogen-bond acceptors (Lipinski definition) is 10. The van der Waals surface area contributed by atoms with E-state index in [1.165, 1.54) is 23.8 Å². The van der Waals surface area contributed by atoms with Crippen LogP contribution in [-0.4, -0.2) is 66.7 Å². The Morgan fingerprint density at radius 1 is 0.938 bits per heavy atom. The first-order valence-electron chi connectivity index (χ1n) is 21.9. The molecule has 3 aromatic rings. The molecule has 0 spiro atoms. The predicted octanol–water partition coefficient (Wildman–Crippen LogP) is 9.64. The Labute approximate surface area is 400 Å². The lowest BCUT2D eigenvalue weighted by molar-refractivity contribution is -0.137. The number of carbonyl (C=O) groups excluding carboxylic acids is 3. The van der Waals surface area contributed by atoms with Crippen LogP contribution in [0.3, 0.4) is 0 Å². The number of anilines is 1. The number of nitrogens with one attached hydrogen (secondary N) is 1. The van der Waals surface area contributed by atoms with E-state index in [-0.39, 0.29) is 47.5 Å². The fraction of sp³-hybridized carbons (Fsp3) is 0.353. The van der Waals surface area contributed by atoms with E-state index in [0.29, 0.717) is 30.1 Å². The van der Waals surface area contributed by atoms with E-state index in [0.717, 1.165) is 86.2 Å². The van der Waals surface area contributed by atoms with Crippen molar-refractivity contribution in [2.75, 3.05) is 36.0 Å². The van der Waals surface area contributed by atoms with Crippen LogP contribution in [-0.2, 0) is 41.8 Å². The highest BCUT2D eigenvalue weighted by atomic mass is 32.2. The zero-order valence-corrected chi connectivity index (χ0v) is 41.1. The molecule has 0 radical (unpaired) electrons. The predicted molar refractivity (Wildman–Crippen MR) is 269 cm³/mol. The minimum atomic E-state index is -4.41. The van der Waals surface area contributed by atoms with Crippen LogP contribution in [0.2, 0.25) is 0 Å². The second-order valence-electron chi connectivity index (χ2n) is 17.5. The highest BCUT2D eigenvalue weighted by molar-refractivity contribution is 7.85. The Balaban J connectivity index is 1.33. The normalized spacial score (nSPS) is 17.9. The lowest BCUT2D eigenvalue weighted by Gasteiger charge is -2.30. The van der Waals surface area contributed by atoms with E-state index in [4.69, 9.17) is 4.74 Å². The first-order chi connectivity index (χ1) is 30.8. The molecule has 0 aromatic heterocycles. The SMILES string of the molecule is Cc1ccc(S(=O)(=O)O)cc1C(C)(C)C(/C=C/C1=C(Oc2ccc(CCC(=O)NCCN3C(=O)C=CC3=O)cc2)C(=C/C=C2/N(CCS)c3ccc(S)cc3C2(C)C)/CCC1)=C/CCS. The van der Waals surface area contributed by atoms with Crippen molar-refractivity contribution in [3.05, 3.63) is 154 Å². The minimum Gasteiger partial charge on any atom is -0.457 e. The summed E-state index contributed by atoms with van der Waals surface area (Å²) in [5, 5.41) is 2.80. The van der Waals surface area contributed by atoms with E-state index in [1.54, 1.807) is 12.1 Å². The van der Waals surface area contributed by atoms with Crippen LogP contribution >= 0.6 is 37.9 Å². The van der Waals surface area contributed by atoms with E-state index in [9.17, 15) is 27.4 Å². The fourth-order valence-electron chi connectivity index (χ4n) is 8.71. The molecule has 2 N–H and O–H groups in total. The monoisotopic (exact) mass is 953 g/mol. The lowest BCUT2D eigenvalue weighted by atomic mass is 9.75. The summed E-state index contributed by atoms with van der Waals surface area (Å²) in [6, 6.07) is 18.7. The van der Waals surface area contributed by atoms with Gasteiger partial charge in [-0.1, -0.05) is 70.2 Å². The molecule has 65 heavy (non-hydrogen) atoms. The maximum atomic E-state index is 12.7. The molecule has 3 amide bonds. The molecule has 3 aromatic carbocycles. The third kappa shape index (κ3) is 11.8. The Morgan fingerprint density at radius 3 is 2.34 bits per heavy atom. The van der Waals surface area contributed by atoms with E-state index in [2.05, 4.69) is 118 Å². The van der Waals surface area contributed by atoms with Gasteiger partial charge in [0.25, 0.3) is 21.9 Å². The number of aryl methyl sites for hydroxylation is 2. The maximum absolute atomic E-state index is 12.7. The van der Waals surface area contributed by atoms with Crippen molar-refractivity contribution in [2.24, 2.45) is 0 Å². The van der Waals surface area contributed by atoms with Crippen molar-refractivity contribution >= 4 is 71.4 Å². The largest absolute Gasteiger partial charge is 0.457 e. The molecule has 0 fully saturated rings. The summed E-state index contributed by atoms with van der Waals surface area (Å²) in [6.07, 6.45) is 17.0. The average Bonchev–Trinajstić information content (AvgIpc) is 3.68. The number of hydrogen-bond donors (Lipinski definition) is 5. The molecule has 0 bridgehead atoms. The number of rotatable bonds is 18. The maximum Gasteiger partial charge on any atom is 0.294 e. The molecule has 2 aliphatic heterocycles. The van der Waals surface area contributed by atoms with Gasteiger partial charge in [0, 0.05) is 71.1 Å². The summed E-state index contributed by atoms with van der Waals surface area (Å²) in [5.74, 6) is 1.76. The van der Waals surface area contributed by atoms with E-state index >= 15 is 0 Å². The first kappa shape index (κ1) is 49.7. The second kappa shape index (κ2) is 21.3. The van der Waals surface area contributed by atoms with Gasteiger partial charge in [0.2, 0.25) is 5.91 Å². The third-order valence-corrected chi connectivity index (χ3v) is 13.9. The summed E-state index contributed by atoms with van der Waals surface area (Å²) in [6.45, 7) is 11.6. The van der Waals surface area contributed by atoms with Crippen molar-refractivity contribution in [1.29, 1.82) is 0 Å². The zero-order valence-electron chi connectivity index (χ0n) is 37.6. The standard InChI is InChI=1S/C51H59N3O7S4/c1-34-11-21-41(65(58,59)60)33-42(34)50(2,3)38(10-7-30-62)17-15-36-8-6-9-37(16-23-45-51(4,5)43-32-40(64)20-22-44(43)53(45)29-31-63)49(36)61-39-18-12-35(13-19-39)14-24-46(55)52-27-28-54-47(56)25-26-48(54)57/h10-13,15-23,25-26,32-33,62-64H,6-9,14,24,27-31H2,1-5H3,(H,52,55)(H,58,59,60)/b17-15+,37-16+,38-10+,45-23+. The summed E-state index contributed by atoms with van der Waals surface area (Å²) < 4.78 is 41.3. The fourth-order valence-corrected chi connectivity index (χ4v) is 9.75. The molecule has 1 aliphatic carbocycles. The Kier molecular flexibility index (Phi) is 16.3. The van der Waals surface area contributed by atoms with Gasteiger partial charge in [0.05, 0.1) is 4.90 Å². The van der Waals surface area contributed by atoms with Gasteiger partial charge in [0.1, 0.15) is 11.5 Å². The summed E-state index contributed by atoms with van der Waals surface area (Å²) >= 11 is 13.8. The van der Waals surface area contributed by atoms with Crippen molar-refractivity contribution in [1.82, 2.24) is 10.2 Å². The van der Waals surface area contributed by atoms with Crippen LogP contribution in [0.25, 0.3) is 0 Å². The van der Waals surface area contributed by atoms with Crippen molar-refractivity contribution in [3.63, 3.8) is 0 Å². The van der Waals surface area contributed by atoms with Crippen molar-refractivity contribution in [3.8, 4) is 5.75 Å². The molecular formula is C51H59N3O7S4. The second-order valence-corrected chi connectivity index (χ2v) is 20.3. The number of nitrogens with zero attached hydrogens (tertiary/aromatic N) is 2. The van der Waals surface area contributed by atoms with Gasteiger partial charge >= 0.3 is 0 Å². The molecule has 2 heterocycles. The number of amides is 3. The molecular weight excluding hydrogens is 895 g/mol. The Bertz CT molecular complexity index is 2600. The molecule has 10 nitrogen and oxygen atoms in total. The molecule has 0 unspecified atom stereocenters. The molecule has 14 heteroatoms. The molecule has 0 saturated heterocycles. The third-order valence-electron chi connectivity index (χ3n) is 12.3. The quantitative estimate of drug-likeness (QED) is 0.0369. The molecule has 0 saturated carbocycles. The van der Waals surface area contributed by atoms with Crippen molar-refractivity contribution < 1.29 is 32.1 Å². The van der Waals surface area contributed by atoms with Gasteiger partial charge in [-0.15, -0.1) is 12.6 Å². The van der Waals surface area contributed by atoms with E-state index in [1.807, 2.05) is 37.3 Å². The van der Waals surface area contributed by atoms with Crippen LogP contribution in [0.4, 0.5) is 5.69 Å². The first-order valence-corrected chi connectivity index (χ1v) is 25.0. The Hall–Kier alpha value is -4.73. The van der Waals surface area contributed by atoms with Crippen LogP contribution in [0, 0.1) is 6.92 Å². The minimum absolute atomic E-state index is 0.120. The number of carbonyl (C=O) groups is 3. The number of fused-ring (bicyclic) bond motifs is 1. The molecule has 344 valence electrons. The van der Waals surface area contributed by atoms with Gasteiger partial charge in [-0.3, -0.25) is 23.8 Å². The van der Waals surface area contributed by atoms with Crippen LogP contribution in [0.5, 0.6) is 5.75 Å². The summed E-state index contributed by atoms with van der Waals surface area (Å²) in [4.78, 5) is 40.5. The van der Waals surface area contributed by atoms with Gasteiger partial charge in [0.15, 0.2) is 0 Å². The van der Waals surface area contributed by atoms with Crippen molar-refractivity contribution in [2.45, 2.75) is 93.8 Å². The van der Waals surface area contributed by atoms with Crippen LogP contribution in [0.15, 0.2) is 141 Å². The molecule has 6 rings (SSSR count). The summed E-state index contributed by atoms with van der Waals surface area (Å²) in [5.41, 5.74) is 8.21.